The molecule has 1 amide bonds. The maximum Gasteiger partial charge on any atom is 0.241 e. The van der Waals surface area contributed by atoms with Gasteiger partial charge in [0.05, 0.1) is 6.04 Å². The highest BCUT2D eigenvalue weighted by Gasteiger charge is 2.11. The molecule has 0 radical (unpaired) electrons. The first-order valence-electron chi connectivity index (χ1n) is 5.12. The number of nitrogens with two attached hydrogens (primary N) is 1. The summed E-state index contributed by atoms with van der Waals surface area (Å²) in [5.41, 5.74) is 7.31. The Bertz CT molecular complexity index is 347. The van der Waals surface area contributed by atoms with Crippen LogP contribution in [0.4, 0.5) is 5.69 Å². The van der Waals surface area contributed by atoms with E-state index in [-0.39, 0.29) is 30.7 Å². The summed E-state index contributed by atoms with van der Waals surface area (Å²) < 4.78 is 0. The summed E-state index contributed by atoms with van der Waals surface area (Å²) in [4.78, 5) is 15.6. The minimum absolute atomic E-state index is 0. The van der Waals surface area contributed by atoms with Gasteiger partial charge in [-0.2, -0.15) is 0 Å². The van der Waals surface area contributed by atoms with Gasteiger partial charge in [-0.05, 0) is 25.5 Å². The Balaban J connectivity index is 0. The van der Waals surface area contributed by atoms with Gasteiger partial charge in [0, 0.05) is 17.6 Å². The zero-order valence-electron chi connectivity index (χ0n) is 9.97. The van der Waals surface area contributed by atoms with Crippen LogP contribution >= 0.6 is 24.8 Å². The predicted octanol–water partition coefficient (Wildman–Crippen LogP) is 2.30. The molecule has 1 aromatic heterocycles. The van der Waals surface area contributed by atoms with E-state index in [2.05, 4.69) is 10.3 Å². The van der Waals surface area contributed by atoms with Gasteiger partial charge in [0.15, 0.2) is 0 Å². The predicted molar refractivity (Wildman–Crippen MR) is 75.0 cm³/mol. The van der Waals surface area contributed by atoms with Gasteiger partial charge in [0.1, 0.15) is 0 Å². The summed E-state index contributed by atoms with van der Waals surface area (Å²) in [6, 6.07) is 3.14. The van der Waals surface area contributed by atoms with Crippen molar-refractivity contribution in [2.75, 3.05) is 5.32 Å². The molecule has 0 aliphatic carbocycles. The number of carbonyl (C=O) groups excluding carboxylic acids is 1. The third kappa shape index (κ3) is 6.46. The molecule has 1 rings (SSSR count). The van der Waals surface area contributed by atoms with E-state index in [1.54, 1.807) is 12.3 Å². The lowest BCUT2D eigenvalue weighted by Crippen LogP contribution is -2.35. The number of anilines is 1. The zero-order chi connectivity index (χ0) is 11.3. The Morgan fingerprint density at radius 1 is 1.53 bits per heavy atom. The molecule has 0 aromatic carbocycles. The molecule has 1 unspecified atom stereocenters. The normalized spacial score (nSPS) is 10.8. The minimum Gasteiger partial charge on any atom is -0.325 e. The summed E-state index contributed by atoms with van der Waals surface area (Å²) in [5, 5.41) is 2.76. The summed E-state index contributed by atoms with van der Waals surface area (Å²) in [7, 11) is 0. The van der Waals surface area contributed by atoms with Crippen LogP contribution in [0.15, 0.2) is 18.3 Å². The molecule has 1 aromatic rings. The van der Waals surface area contributed by atoms with Crippen LogP contribution in [-0.2, 0) is 4.79 Å². The molecule has 1 heterocycles. The molecule has 0 aliphatic heterocycles. The van der Waals surface area contributed by atoms with Crippen molar-refractivity contribution in [3.63, 3.8) is 0 Å². The van der Waals surface area contributed by atoms with E-state index in [0.717, 1.165) is 17.8 Å². The van der Waals surface area contributed by atoms with E-state index in [4.69, 9.17) is 5.73 Å². The Morgan fingerprint density at radius 2 is 2.18 bits per heavy atom. The Kier molecular flexibility index (Phi) is 10.0. The fourth-order valence-corrected chi connectivity index (χ4v) is 1.30. The number of aromatic nitrogens is 1. The van der Waals surface area contributed by atoms with E-state index in [1.807, 2.05) is 19.9 Å². The molecule has 1 atom stereocenters. The van der Waals surface area contributed by atoms with Crippen LogP contribution < -0.4 is 11.1 Å². The lowest BCUT2D eigenvalue weighted by molar-refractivity contribution is -0.117. The van der Waals surface area contributed by atoms with Crippen LogP contribution in [0.5, 0.6) is 0 Å². The van der Waals surface area contributed by atoms with Crippen molar-refractivity contribution >= 4 is 36.4 Å². The average molecular weight is 280 g/mol. The van der Waals surface area contributed by atoms with Crippen LogP contribution in [0.25, 0.3) is 0 Å². The van der Waals surface area contributed by atoms with Crippen molar-refractivity contribution in [2.45, 2.75) is 32.7 Å². The molecule has 0 saturated heterocycles. The van der Waals surface area contributed by atoms with Crippen LogP contribution in [-0.4, -0.2) is 16.9 Å². The van der Waals surface area contributed by atoms with E-state index in [9.17, 15) is 4.79 Å². The quantitative estimate of drug-likeness (QED) is 0.889. The Morgan fingerprint density at radius 3 is 2.71 bits per heavy atom. The van der Waals surface area contributed by atoms with Crippen molar-refractivity contribution in [3.8, 4) is 0 Å². The van der Waals surface area contributed by atoms with Gasteiger partial charge in [0.25, 0.3) is 0 Å². The molecule has 0 aliphatic rings. The average Bonchev–Trinajstić information content (AvgIpc) is 2.18. The SMILES string of the molecule is CCCC(N)C(=O)Nc1ccnc(C)c1.Cl.Cl. The number of nitrogens with one attached hydrogen (secondary N) is 1. The number of hydrogen-bond donors (Lipinski definition) is 2. The molecule has 17 heavy (non-hydrogen) atoms. The number of amides is 1. The Hall–Kier alpha value is -0.840. The topological polar surface area (TPSA) is 68.0 Å². The summed E-state index contributed by atoms with van der Waals surface area (Å²) in [5.74, 6) is -0.137. The fraction of sp³-hybridized carbons (Fsp3) is 0.455. The van der Waals surface area contributed by atoms with Gasteiger partial charge in [-0.25, -0.2) is 0 Å². The van der Waals surface area contributed by atoms with E-state index in [1.165, 1.54) is 0 Å². The standard InChI is InChI=1S/C11H17N3O.2ClH/c1-3-4-10(12)11(15)14-9-5-6-13-8(2)7-9;;/h5-7,10H,3-4,12H2,1-2H3,(H,13,14,15);2*1H. The van der Waals surface area contributed by atoms with Crippen molar-refractivity contribution in [1.82, 2.24) is 4.98 Å². The van der Waals surface area contributed by atoms with Gasteiger partial charge in [-0.1, -0.05) is 13.3 Å². The second kappa shape index (κ2) is 9.22. The molecule has 3 N–H and O–H groups in total. The van der Waals surface area contributed by atoms with Crippen LogP contribution in [0.1, 0.15) is 25.5 Å². The van der Waals surface area contributed by atoms with Gasteiger partial charge in [0.2, 0.25) is 5.91 Å². The maximum atomic E-state index is 11.6. The fourth-order valence-electron chi connectivity index (χ4n) is 1.30. The van der Waals surface area contributed by atoms with Crippen molar-refractivity contribution in [2.24, 2.45) is 5.73 Å². The van der Waals surface area contributed by atoms with E-state index in [0.29, 0.717) is 6.42 Å². The van der Waals surface area contributed by atoms with E-state index >= 15 is 0 Å². The second-order valence-corrected chi connectivity index (χ2v) is 3.57. The van der Waals surface area contributed by atoms with Crippen molar-refractivity contribution in [3.05, 3.63) is 24.0 Å². The smallest absolute Gasteiger partial charge is 0.241 e. The first kappa shape index (κ1) is 18.5. The molecular weight excluding hydrogens is 261 g/mol. The van der Waals surface area contributed by atoms with Crippen molar-refractivity contribution in [1.29, 1.82) is 0 Å². The molecule has 0 spiro atoms. The second-order valence-electron chi connectivity index (χ2n) is 3.57. The zero-order valence-corrected chi connectivity index (χ0v) is 11.6. The third-order valence-electron chi connectivity index (χ3n) is 2.10. The van der Waals surface area contributed by atoms with Gasteiger partial charge >= 0.3 is 0 Å². The van der Waals surface area contributed by atoms with Gasteiger partial charge < -0.3 is 11.1 Å². The Labute approximate surface area is 114 Å². The first-order valence-corrected chi connectivity index (χ1v) is 5.12. The number of aryl methyl sites for hydroxylation is 1. The van der Waals surface area contributed by atoms with Gasteiger partial charge in [-0.3, -0.25) is 9.78 Å². The summed E-state index contributed by atoms with van der Waals surface area (Å²) in [6.45, 7) is 3.88. The minimum atomic E-state index is -0.427. The number of rotatable bonds is 4. The number of nitrogens with zero attached hydrogens (tertiary/aromatic N) is 1. The number of carbonyl (C=O) groups is 1. The van der Waals surface area contributed by atoms with Crippen LogP contribution in [0, 0.1) is 6.92 Å². The lowest BCUT2D eigenvalue weighted by atomic mass is 10.1. The molecule has 4 nitrogen and oxygen atoms in total. The molecule has 98 valence electrons. The van der Waals surface area contributed by atoms with E-state index < -0.39 is 6.04 Å². The summed E-state index contributed by atoms with van der Waals surface area (Å²) in [6.07, 6.45) is 3.27. The molecule has 0 fully saturated rings. The molecule has 0 bridgehead atoms. The molecule has 6 heteroatoms. The molecular formula is C11H19Cl2N3O. The highest BCUT2D eigenvalue weighted by molar-refractivity contribution is 5.94. The maximum absolute atomic E-state index is 11.6. The highest BCUT2D eigenvalue weighted by Crippen LogP contribution is 2.07. The largest absolute Gasteiger partial charge is 0.325 e. The third-order valence-corrected chi connectivity index (χ3v) is 2.10. The van der Waals surface area contributed by atoms with Crippen molar-refractivity contribution < 1.29 is 4.79 Å². The highest BCUT2D eigenvalue weighted by atomic mass is 35.5. The van der Waals surface area contributed by atoms with Gasteiger partial charge in [-0.15, -0.1) is 24.8 Å². The van der Waals surface area contributed by atoms with Crippen LogP contribution in [0.2, 0.25) is 0 Å². The van der Waals surface area contributed by atoms with Crippen LogP contribution in [0.3, 0.4) is 0 Å². The number of halogens is 2. The monoisotopic (exact) mass is 279 g/mol. The number of hydrogen-bond acceptors (Lipinski definition) is 3. The summed E-state index contributed by atoms with van der Waals surface area (Å²) >= 11 is 0. The first-order chi connectivity index (χ1) is 7.13. The lowest BCUT2D eigenvalue weighted by Gasteiger charge is -2.11. The number of pyridine rings is 1. The molecule has 0 saturated carbocycles.